The SMILES string of the molecule is N#Cc1cc(-n2c3ccccc3c3ccccc32)ccc1-c1ccccc1-c1ccccc1-n1c2ccccc2c2ccccc21. The maximum Gasteiger partial charge on any atom is 0.0998 e. The molecule has 0 radical (unpaired) electrons. The van der Waals surface area contributed by atoms with Crippen molar-refractivity contribution in [1.82, 2.24) is 9.13 Å². The van der Waals surface area contributed by atoms with Gasteiger partial charge in [-0.05, 0) is 53.6 Å². The molecule has 0 spiro atoms. The number of fused-ring (bicyclic) bond motifs is 6. The van der Waals surface area contributed by atoms with Crippen molar-refractivity contribution in [2.24, 2.45) is 0 Å². The standard InChI is InChI=1S/C43H27N3/c44-28-29-27-30(45-39-20-8-4-16-35(39)36-17-5-9-21-40(36)45)25-26-31(29)32-13-1-2-14-33(32)34-15-3-10-22-41(34)46-42-23-11-6-18-37(42)38-19-7-12-24-43(38)46/h1-27H. The Hall–Kier alpha value is -6.37. The molecular weight excluding hydrogens is 558 g/mol. The molecule has 214 valence electrons. The van der Waals surface area contributed by atoms with E-state index in [1.807, 2.05) is 6.07 Å². The first-order chi connectivity index (χ1) is 22.8. The van der Waals surface area contributed by atoms with Gasteiger partial charge in [0.25, 0.3) is 0 Å². The molecule has 7 aromatic carbocycles. The Balaban J connectivity index is 1.25. The second kappa shape index (κ2) is 10.4. The van der Waals surface area contributed by atoms with Crippen LogP contribution in [0, 0.1) is 11.3 Å². The van der Waals surface area contributed by atoms with Gasteiger partial charge >= 0.3 is 0 Å². The molecule has 9 rings (SSSR count). The summed E-state index contributed by atoms with van der Waals surface area (Å²) in [7, 11) is 0. The van der Waals surface area contributed by atoms with Crippen LogP contribution in [0.25, 0.3) is 77.2 Å². The second-order valence-electron chi connectivity index (χ2n) is 11.6. The van der Waals surface area contributed by atoms with E-state index in [0.717, 1.165) is 44.7 Å². The van der Waals surface area contributed by atoms with Crippen LogP contribution in [-0.2, 0) is 0 Å². The first-order valence-corrected chi connectivity index (χ1v) is 15.5. The largest absolute Gasteiger partial charge is 0.309 e. The Kier molecular flexibility index (Phi) is 5.88. The maximum atomic E-state index is 10.6. The quantitative estimate of drug-likeness (QED) is 0.202. The average molecular weight is 586 g/mol. The summed E-state index contributed by atoms with van der Waals surface area (Å²) in [6.07, 6.45) is 0. The zero-order valence-corrected chi connectivity index (χ0v) is 24.9. The molecule has 0 N–H and O–H groups in total. The number of hydrogen-bond acceptors (Lipinski definition) is 1. The van der Waals surface area contributed by atoms with E-state index in [1.165, 1.54) is 32.6 Å². The van der Waals surface area contributed by atoms with E-state index in [1.54, 1.807) is 0 Å². The third-order valence-corrected chi connectivity index (χ3v) is 9.19. The molecule has 0 saturated heterocycles. The van der Waals surface area contributed by atoms with Gasteiger partial charge < -0.3 is 9.13 Å². The molecule has 0 atom stereocenters. The smallest absolute Gasteiger partial charge is 0.0998 e. The molecular formula is C43H27N3. The van der Waals surface area contributed by atoms with Gasteiger partial charge in [-0.1, -0.05) is 121 Å². The summed E-state index contributed by atoms with van der Waals surface area (Å²) in [4.78, 5) is 0. The van der Waals surface area contributed by atoms with Crippen LogP contribution in [0.2, 0.25) is 0 Å². The number of nitrogens with zero attached hydrogens (tertiary/aromatic N) is 3. The highest BCUT2D eigenvalue weighted by Crippen LogP contribution is 2.41. The molecule has 3 nitrogen and oxygen atoms in total. The van der Waals surface area contributed by atoms with Crippen LogP contribution in [0.4, 0.5) is 0 Å². The lowest BCUT2D eigenvalue weighted by molar-refractivity contribution is 1.18. The van der Waals surface area contributed by atoms with Crippen molar-refractivity contribution in [2.75, 3.05) is 0 Å². The van der Waals surface area contributed by atoms with E-state index in [-0.39, 0.29) is 0 Å². The summed E-state index contributed by atoms with van der Waals surface area (Å²) in [6, 6.07) is 60.0. The van der Waals surface area contributed by atoms with Gasteiger partial charge in [0, 0.05) is 38.4 Å². The lowest BCUT2D eigenvalue weighted by Gasteiger charge is -2.18. The van der Waals surface area contributed by atoms with Gasteiger partial charge in [-0.3, -0.25) is 0 Å². The van der Waals surface area contributed by atoms with Crippen LogP contribution >= 0.6 is 0 Å². The van der Waals surface area contributed by atoms with Gasteiger partial charge in [-0.25, -0.2) is 0 Å². The molecule has 9 aromatic rings. The molecule has 2 heterocycles. The number of rotatable bonds is 4. The number of aromatic nitrogens is 2. The first-order valence-electron chi connectivity index (χ1n) is 15.5. The summed E-state index contributed by atoms with van der Waals surface area (Å²) in [6.45, 7) is 0. The average Bonchev–Trinajstić information content (AvgIpc) is 3.64. The summed E-state index contributed by atoms with van der Waals surface area (Å²) < 4.78 is 4.63. The molecule has 0 unspecified atom stereocenters. The van der Waals surface area contributed by atoms with Crippen molar-refractivity contribution in [3.63, 3.8) is 0 Å². The second-order valence-corrected chi connectivity index (χ2v) is 11.6. The third kappa shape index (κ3) is 3.84. The summed E-state index contributed by atoms with van der Waals surface area (Å²) in [5, 5.41) is 15.4. The number of hydrogen-bond donors (Lipinski definition) is 0. The van der Waals surface area contributed by atoms with E-state index in [2.05, 4.69) is 173 Å². The van der Waals surface area contributed by atoms with Crippen molar-refractivity contribution < 1.29 is 0 Å². The number of para-hydroxylation sites is 5. The maximum absolute atomic E-state index is 10.6. The van der Waals surface area contributed by atoms with Crippen molar-refractivity contribution in [1.29, 1.82) is 5.26 Å². The zero-order chi connectivity index (χ0) is 30.6. The molecule has 0 saturated carbocycles. The van der Waals surface area contributed by atoms with Crippen LogP contribution in [0.1, 0.15) is 5.56 Å². The monoisotopic (exact) mass is 585 g/mol. The van der Waals surface area contributed by atoms with Crippen molar-refractivity contribution in [3.8, 4) is 39.7 Å². The Morgan fingerprint density at radius 2 is 0.783 bits per heavy atom. The molecule has 0 fully saturated rings. The van der Waals surface area contributed by atoms with E-state index >= 15 is 0 Å². The van der Waals surface area contributed by atoms with Gasteiger partial charge in [-0.2, -0.15) is 5.26 Å². The normalized spacial score (nSPS) is 11.5. The molecule has 0 amide bonds. The van der Waals surface area contributed by atoms with Crippen LogP contribution in [0.3, 0.4) is 0 Å². The minimum atomic E-state index is 0.640. The zero-order valence-electron chi connectivity index (χ0n) is 24.9. The third-order valence-electron chi connectivity index (χ3n) is 9.19. The van der Waals surface area contributed by atoms with Crippen molar-refractivity contribution in [3.05, 3.63) is 169 Å². The molecule has 3 heteroatoms. The Morgan fingerprint density at radius 1 is 0.370 bits per heavy atom. The summed E-state index contributed by atoms with van der Waals surface area (Å²) in [5.74, 6) is 0. The summed E-state index contributed by atoms with van der Waals surface area (Å²) in [5.41, 5.74) is 11.4. The Bertz CT molecular complexity index is 2560. The fourth-order valence-corrected chi connectivity index (χ4v) is 7.23. The van der Waals surface area contributed by atoms with Crippen molar-refractivity contribution >= 4 is 43.6 Å². The lowest BCUT2D eigenvalue weighted by Crippen LogP contribution is -1.99. The fraction of sp³-hybridized carbons (Fsp3) is 0. The molecule has 0 aliphatic rings. The Labute approximate surface area is 266 Å². The van der Waals surface area contributed by atoms with Crippen LogP contribution in [-0.4, -0.2) is 9.13 Å². The number of benzene rings is 7. The highest BCUT2D eigenvalue weighted by molar-refractivity contribution is 6.10. The highest BCUT2D eigenvalue weighted by Gasteiger charge is 2.19. The van der Waals surface area contributed by atoms with E-state index < -0.39 is 0 Å². The predicted octanol–water partition coefficient (Wildman–Crippen LogP) is 11.1. The van der Waals surface area contributed by atoms with Gasteiger partial charge in [0.05, 0.1) is 39.4 Å². The van der Waals surface area contributed by atoms with Gasteiger partial charge in [0.15, 0.2) is 0 Å². The van der Waals surface area contributed by atoms with E-state index in [4.69, 9.17) is 0 Å². The minimum absolute atomic E-state index is 0.640. The minimum Gasteiger partial charge on any atom is -0.309 e. The fourth-order valence-electron chi connectivity index (χ4n) is 7.23. The van der Waals surface area contributed by atoms with Gasteiger partial charge in [0.2, 0.25) is 0 Å². The van der Waals surface area contributed by atoms with Crippen LogP contribution in [0.5, 0.6) is 0 Å². The van der Waals surface area contributed by atoms with Crippen LogP contribution < -0.4 is 0 Å². The molecule has 0 bridgehead atoms. The number of nitriles is 1. The van der Waals surface area contributed by atoms with Gasteiger partial charge in [-0.15, -0.1) is 0 Å². The van der Waals surface area contributed by atoms with Gasteiger partial charge in [0.1, 0.15) is 0 Å². The molecule has 2 aromatic heterocycles. The molecule has 0 aliphatic heterocycles. The van der Waals surface area contributed by atoms with E-state index in [9.17, 15) is 5.26 Å². The van der Waals surface area contributed by atoms with Crippen LogP contribution in [0.15, 0.2) is 164 Å². The van der Waals surface area contributed by atoms with Crippen molar-refractivity contribution in [2.45, 2.75) is 0 Å². The van der Waals surface area contributed by atoms with E-state index in [0.29, 0.717) is 5.56 Å². The first kappa shape index (κ1) is 26.1. The Morgan fingerprint density at radius 3 is 1.30 bits per heavy atom. The highest BCUT2D eigenvalue weighted by atomic mass is 15.0. The topological polar surface area (TPSA) is 33.6 Å². The molecule has 0 aliphatic carbocycles. The predicted molar refractivity (Wildman–Crippen MR) is 191 cm³/mol. The molecule has 46 heavy (non-hydrogen) atoms. The lowest BCUT2D eigenvalue weighted by atomic mass is 9.91. The summed E-state index contributed by atoms with van der Waals surface area (Å²) >= 11 is 0.